The van der Waals surface area contributed by atoms with Crippen molar-refractivity contribution in [3.05, 3.63) is 48.1 Å². The molecule has 0 bridgehead atoms. The summed E-state index contributed by atoms with van der Waals surface area (Å²) in [4.78, 5) is 25.2. The number of pyridine rings is 2. The molecule has 1 aliphatic heterocycles. The second-order valence-electron chi connectivity index (χ2n) is 6.25. The summed E-state index contributed by atoms with van der Waals surface area (Å²) in [7, 11) is 1.63. The standard InChI is InChI=1S/C19H19FN4O3/c1-26-17-3-4-21-12-16(17)23-6-8-24(9-7-23)19(25)14-2-5-22-15-10-13(11-20)27-18(14)15/h2-5,10,12H,6-9,11H2,1H3. The number of furan rings is 1. The van der Waals surface area contributed by atoms with Crippen molar-refractivity contribution in [3.63, 3.8) is 0 Å². The summed E-state index contributed by atoms with van der Waals surface area (Å²) in [6, 6.07) is 4.96. The number of methoxy groups -OCH3 is 1. The van der Waals surface area contributed by atoms with Crippen LogP contribution in [0, 0.1) is 0 Å². The van der Waals surface area contributed by atoms with E-state index in [0.29, 0.717) is 42.8 Å². The third kappa shape index (κ3) is 3.18. The first-order valence-corrected chi connectivity index (χ1v) is 8.67. The topological polar surface area (TPSA) is 71.7 Å². The quantitative estimate of drug-likeness (QED) is 0.703. The molecular formula is C19H19FN4O3. The Morgan fingerprint density at radius 1 is 1.26 bits per heavy atom. The normalized spacial score (nSPS) is 14.6. The Morgan fingerprint density at radius 2 is 2.07 bits per heavy atom. The Morgan fingerprint density at radius 3 is 2.81 bits per heavy atom. The van der Waals surface area contributed by atoms with E-state index in [-0.39, 0.29) is 11.7 Å². The van der Waals surface area contributed by atoms with Gasteiger partial charge < -0.3 is 19.0 Å². The van der Waals surface area contributed by atoms with Gasteiger partial charge in [-0.1, -0.05) is 0 Å². The highest BCUT2D eigenvalue weighted by molar-refractivity contribution is 6.04. The number of fused-ring (bicyclic) bond motifs is 1. The van der Waals surface area contributed by atoms with Crippen LogP contribution in [-0.4, -0.2) is 54.1 Å². The van der Waals surface area contributed by atoms with Crippen LogP contribution < -0.4 is 9.64 Å². The van der Waals surface area contributed by atoms with Gasteiger partial charge in [0.2, 0.25) is 0 Å². The lowest BCUT2D eigenvalue weighted by Gasteiger charge is -2.36. The third-order valence-corrected chi connectivity index (χ3v) is 4.71. The maximum Gasteiger partial charge on any atom is 0.257 e. The first-order chi connectivity index (χ1) is 13.2. The highest BCUT2D eigenvalue weighted by Gasteiger charge is 2.26. The first-order valence-electron chi connectivity index (χ1n) is 8.67. The summed E-state index contributed by atoms with van der Waals surface area (Å²) < 4.78 is 23.7. The van der Waals surface area contributed by atoms with Crippen molar-refractivity contribution >= 4 is 22.7 Å². The second-order valence-corrected chi connectivity index (χ2v) is 6.25. The predicted molar refractivity (Wildman–Crippen MR) is 97.7 cm³/mol. The summed E-state index contributed by atoms with van der Waals surface area (Å²) in [5, 5.41) is 0. The van der Waals surface area contributed by atoms with E-state index in [1.54, 1.807) is 36.7 Å². The van der Waals surface area contributed by atoms with Gasteiger partial charge in [0.1, 0.15) is 23.7 Å². The van der Waals surface area contributed by atoms with Crippen molar-refractivity contribution in [2.75, 3.05) is 38.2 Å². The van der Waals surface area contributed by atoms with E-state index in [2.05, 4.69) is 14.9 Å². The van der Waals surface area contributed by atoms with Crippen LogP contribution in [0.1, 0.15) is 16.1 Å². The highest BCUT2D eigenvalue weighted by Crippen LogP contribution is 2.28. The van der Waals surface area contributed by atoms with Crippen LogP contribution in [0.5, 0.6) is 5.75 Å². The van der Waals surface area contributed by atoms with E-state index >= 15 is 0 Å². The summed E-state index contributed by atoms with van der Waals surface area (Å²) in [5.41, 5.74) is 2.16. The van der Waals surface area contributed by atoms with Gasteiger partial charge in [-0.3, -0.25) is 14.8 Å². The number of alkyl halides is 1. The Kier molecular flexibility index (Phi) is 4.62. The number of carbonyl (C=O) groups is 1. The van der Waals surface area contributed by atoms with Gasteiger partial charge in [0.25, 0.3) is 5.91 Å². The third-order valence-electron chi connectivity index (χ3n) is 4.71. The molecule has 0 unspecified atom stereocenters. The first kappa shape index (κ1) is 17.3. The van der Waals surface area contributed by atoms with E-state index in [1.807, 2.05) is 6.07 Å². The minimum atomic E-state index is -0.727. The minimum absolute atomic E-state index is 0.139. The van der Waals surface area contributed by atoms with Crippen molar-refractivity contribution in [3.8, 4) is 5.75 Å². The Labute approximate surface area is 155 Å². The van der Waals surface area contributed by atoms with Crippen LogP contribution in [0.2, 0.25) is 0 Å². The number of ether oxygens (including phenoxy) is 1. The van der Waals surface area contributed by atoms with Gasteiger partial charge in [-0.25, -0.2) is 4.39 Å². The largest absolute Gasteiger partial charge is 0.494 e. The molecule has 4 rings (SSSR count). The molecule has 3 aromatic heterocycles. The molecule has 140 valence electrons. The Hall–Kier alpha value is -3.16. The molecule has 0 saturated carbocycles. The number of aromatic nitrogens is 2. The monoisotopic (exact) mass is 370 g/mol. The number of nitrogens with zero attached hydrogens (tertiary/aromatic N) is 4. The number of amides is 1. The molecule has 0 spiro atoms. The van der Waals surface area contributed by atoms with Crippen molar-refractivity contribution in [2.24, 2.45) is 0 Å². The van der Waals surface area contributed by atoms with Crippen LogP contribution in [-0.2, 0) is 6.67 Å². The van der Waals surface area contributed by atoms with Crippen molar-refractivity contribution < 1.29 is 18.3 Å². The molecule has 4 heterocycles. The van der Waals surface area contributed by atoms with Gasteiger partial charge in [-0.15, -0.1) is 0 Å². The van der Waals surface area contributed by atoms with Gasteiger partial charge in [0, 0.05) is 50.7 Å². The fourth-order valence-corrected chi connectivity index (χ4v) is 3.33. The Balaban J connectivity index is 1.52. The number of rotatable bonds is 4. The van der Waals surface area contributed by atoms with Gasteiger partial charge in [-0.05, 0) is 6.07 Å². The van der Waals surface area contributed by atoms with Crippen LogP contribution >= 0.6 is 0 Å². The van der Waals surface area contributed by atoms with Gasteiger partial charge in [0.05, 0.1) is 24.6 Å². The summed E-state index contributed by atoms with van der Waals surface area (Å²) >= 11 is 0. The molecular weight excluding hydrogens is 351 g/mol. The molecule has 1 fully saturated rings. The van der Waals surface area contributed by atoms with Gasteiger partial charge >= 0.3 is 0 Å². The summed E-state index contributed by atoms with van der Waals surface area (Å²) in [6.07, 6.45) is 5.00. The van der Waals surface area contributed by atoms with Crippen LogP contribution in [0.15, 0.2) is 41.2 Å². The molecule has 3 aromatic rings. The maximum absolute atomic E-state index is 13.0. The lowest BCUT2D eigenvalue weighted by Crippen LogP contribution is -2.49. The molecule has 0 radical (unpaired) electrons. The minimum Gasteiger partial charge on any atom is -0.494 e. The molecule has 0 aliphatic carbocycles. The molecule has 1 amide bonds. The number of anilines is 1. The van der Waals surface area contributed by atoms with Crippen molar-refractivity contribution in [1.29, 1.82) is 0 Å². The van der Waals surface area contributed by atoms with Crippen molar-refractivity contribution in [2.45, 2.75) is 6.67 Å². The number of hydrogen-bond donors (Lipinski definition) is 0. The molecule has 8 heteroatoms. The summed E-state index contributed by atoms with van der Waals surface area (Å²) in [6.45, 7) is 1.70. The highest BCUT2D eigenvalue weighted by atomic mass is 19.1. The number of hydrogen-bond acceptors (Lipinski definition) is 6. The zero-order chi connectivity index (χ0) is 18.8. The molecule has 0 aromatic carbocycles. The second kappa shape index (κ2) is 7.22. The molecule has 7 nitrogen and oxygen atoms in total. The number of piperazine rings is 1. The van der Waals surface area contributed by atoms with Gasteiger partial charge in [0.15, 0.2) is 5.58 Å². The van der Waals surface area contributed by atoms with Crippen LogP contribution in [0.25, 0.3) is 11.1 Å². The van der Waals surface area contributed by atoms with E-state index < -0.39 is 6.67 Å². The SMILES string of the molecule is COc1ccncc1N1CCN(C(=O)c2ccnc3cc(CF)oc23)CC1. The van der Waals surface area contributed by atoms with Gasteiger partial charge in [-0.2, -0.15) is 0 Å². The zero-order valence-corrected chi connectivity index (χ0v) is 14.9. The fraction of sp³-hybridized carbons (Fsp3) is 0.316. The van der Waals surface area contributed by atoms with E-state index in [9.17, 15) is 9.18 Å². The molecule has 0 atom stereocenters. The van der Waals surface area contributed by atoms with E-state index in [4.69, 9.17) is 9.15 Å². The number of halogens is 1. The number of carbonyl (C=O) groups excluding carboxylic acids is 1. The van der Waals surface area contributed by atoms with E-state index in [0.717, 1.165) is 11.4 Å². The predicted octanol–water partition coefficient (Wildman–Crippen LogP) is 2.66. The maximum atomic E-state index is 13.0. The van der Waals surface area contributed by atoms with E-state index in [1.165, 1.54) is 6.07 Å². The summed E-state index contributed by atoms with van der Waals surface area (Å²) in [5.74, 6) is 0.793. The van der Waals surface area contributed by atoms with Crippen LogP contribution in [0.4, 0.5) is 10.1 Å². The molecule has 1 aliphatic rings. The average Bonchev–Trinajstić information content (AvgIpc) is 3.17. The lowest BCUT2D eigenvalue weighted by molar-refractivity contribution is 0.0747. The average molecular weight is 370 g/mol. The smallest absolute Gasteiger partial charge is 0.257 e. The lowest BCUT2D eigenvalue weighted by atomic mass is 10.2. The Bertz CT molecular complexity index is 966. The molecule has 27 heavy (non-hydrogen) atoms. The molecule has 0 N–H and O–H groups in total. The zero-order valence-electron chi connectivity index (χ0n) is 14.9. The molecule has 1 saturated heterocycles. The fourth-order valence-electron chi connectivity index (χ4n) is 3.33. The van der Waals surface area contributed by atoms with Crippen molar-refractivity contribution in [1.82, 2.24) is 14.9 Å². The van der Waals surface area contributed by atoms with Crippen LogP contribution in [0.3, 0.4) is 0 Å².